The van der Waals surface area contributed by atoms with Crippen molar-refractivity contribution in [2.24, 2.45) is 5.10 Å². The molecule has 3 rings (SSSR count). The maximum absolute atomic E-state index is 12.4. The van der Waals surface area contributed by atoms with Gasteiger partial charge in [0.05, 0.1) is 31.5 Å². The maximum Gasteiger partial charge on any atom is 0.337 e. The number of hydrogen-bond acceptors (Lipinski definition) is 8. The zero-order valence-electron chi connectivity index (χ0n) is 20.7. The Balaban J connectivity index is 1.71. The van der Waals surface area contributed by atoms with Crippen LogP contribution in [0.4, 0.5) is 4.79 Å². The van der Waals surface area contributed by atoms with Crippen molar-refractivity contribution in [2.45, 2.75) is 33.0 Å². The molecule has 37 heavy (non-hydrogen) atoms. The summed E-state index contributed by atoms with van der Waals surface area (Å²) in [4.78, 5) is 24.4. The Morgan fingerprint density at radius 2 is 1.89 bits per heavy atom. The molecule has 0 unspecified atom stereocenters. The number of esters is 1. The molecule has 0 aromatic heterocycles. The molecule has 2 aromatic carbocycles. The number of ether oxygens (including phenoxy) is 3. The first-order chi connectivity index (χ1) is 17.6. The van der Waals surface area contributed by atoms with E-state index in [-0.39, 0.29) is 12.2 Å². The lowest BCUT2D eigenvalue weighted by molar-refractivity contribution is -0.136. The number of benzene rings is 2. The van der Waals surface area contributed by atoms with Crippen molar-refractivity contribution in [3.05, 3.63) is 67.2 Å². The van der Waals surface area contributed by atoms with Crippen LogP contribution in [-0.2, 0) is 9.53 Å². The number of urea groups is 1. The fourth-order valence-corrected chi connectivity index (χ4v) is 4.78. The zero-order valence-corrected chi connectivity index (χ0v) is 23.9. The Hall–Kier alpha value is -3.09. The van der Waals surface area contributed by atoms with Crippen LogP contribution in [0.25, 0.3) is 0 Å². The van der Waals surface area contributed by atoms with E-state index in [1.807, 2.05) is 26.0 Å². The van der Waals surface area contributed by atoms with Gasteiger partial charge in [0.1, 0.15) is 6.61 Å². The average Bonchev–Trinajstić information content (AvgIpc) is 2.85. The van der Waals surface area contributed by atoms with Crippen molar-refractivity contribution in [1.29, 1.82) is 0 Å². The van der Waals surface area contributed by atoms with Crippen LogP contribution in [0.2, 0.25) is 0 Å². The summed E-state index contributed by atoms with van der Waals surface area (Å²) in [6.07, 6.45) is 0.489. The Labute approximate surface area is 231 Å². The summed E-state index contributed by atoms with van der Waals surface area (Å²) in [7, 11) is 1.28. The van der Waals surface area contributed by atoms with Gasteiger partial charge in [0.25, 0.3) is 0 Å². The number of hydrogen-bond donors (Lipinski definition) is 4. The lowest BCUT2D eigenvalue weighted by Crippen LogP contribution is -2.45. The molecule has 1 heterocycles. The number of aliphatic hydroxyl groups is 1. The van der Waals surface area contributed by atoms with Crippen LogP contribution in [0, 0.1) is 6.92 Å². The van der Waals surface area contributed by atoms with Gasteiger partial charge < -0.3 is 30.0 Å². The second-order valence-corrected chi connectivity index (χ2v) is 9.73. The minimum absolute atomic E-state index is 0.117. The predicted molar refractivity (Wildman–Crippen MR) is 146 cm³/mol. The topological polar surface area (TPSA) is 131 Å². The fourth-order valence-electron chi connectivity index (χ4n) is 3.56. The van der Waals surface area contributed by atoms with E-state index in [2.05, 4.69) is 53.0 Å². The highest BCUT2D eigenvalue weighted by Gasteiger charge is 2.32. The summed E-state index contributed by atoms with van der Waals surface area (Å²) in [5.41, 5.74) is 5.81. The van der Waals surface area contributed by atoms with Crippen LogP contribution in [0.5, 0.6) is 11.5 Å². The molecule has 4 N–H and O–H groups in total. The summed E-state index contributed by atoms with van der Waals surface area (Å²) in [5, 5.41) is 19.7. The van der Waals surface area contributed by atoms with E-state index in [4.69, 9.17) is 14.2 Å². The second-order valence-electron chi connectivity index (χ2n) is 8.02. The molecular weight excluding hydrogens is 612 g/mol. The van der Waals surface area contributed by atoms with Gasteiger partial charge in [-0.05, 0) is 61.7 Å². The first kappa shape index (κ1) is 28.5. The first-order valence-corrected chi connectivity index (χ1v) is 12.9. The van der Waals surface area contributed by atoms with Crippen molar-refractivity contribution in [2.75, 3.05) is 20.3 Å². The van der Waals surface area contributed by atoms with Crippen molar-refractivity contribution in [3.8, 4) is 11.5 Å². The van der Waals surface area contributed by atoms with Gasteiger partial charge in [-0.15, -0.1) is 0 Å². The van der Waals surface area contributed by atoms with Crippen molar-refractivity contribution < 1.29 is 28.9 Å². The highest BCUT2D eigenvalue weighted by atomic mass is 79.9. The maximum atomic E-state index is 12.4. The highest BCUT2D eigenvalue weighted by Crippen LogP contribution is 2.35. The number of aliphatic hydroxyl groups excluding tert-OH is 1. The van der Waals surface area contributed by atoms with Crippen LogP contribution in [-0.4, -0.2) is 49.9 Å². The average molecular weight is 640 g/mol. The Kier molecular flexibility index (Phi) is 9.95. The molecule has 0 spiro atoms. The van der Waals surface area contributed by atoms with Crippen molar-refractivity contribution >= 4 is 50.1 Å². The quantitative estimate of drug-likeness (QED) is 0.134. The largest absolute Gasteiger partial charge is 0.490 e. The normalized spacial score (nSPS) is 16.2. The van der Waals surface area contributed by atoms with Gasteiger partial charge in [-0.25, -0.2) is 9.59 Å². The molecule has 2 atom stereocenters. The van der Waals surface area contributed by atoms with Gasteiger partial charge in [0.15, 0.2) is 17.7 Å². The molecule has 12 heteroatoms. The third-order valence-corrected chi connectivity index (χ3v) is 7.06. The molecule has 2 aromatic rings. The van der Waals surface area contributed by atoms with E-state index >= 15 is 0 Å². The molecule has 10 nitrogen and oxygen atoms in total. The number of carbonyl (C=O) groups excluding carboxylic acids is 2. The van der Waals surface area contributed by atoms with Crippen LogP contribution in [0.1, 0.15) is 36.6 Å². The molecule has 0 aliphatic carbocycles. The third-order valence-electron chi connectivity index (χ3n) is 5.41. The molecule has 2 amide bonds. The Bertz CT molecular complexity index is 1210. The van der Waals surface area contributed by atoms with Crippen LogP contribution >= 0.6 is 31.9 Å². The zero-order chi connectivity index (χ0) is 27.1. The number of carbonyl (C=O) groups is 2. The predicted octanol–water partition coefficient (Wildman–Crippen LogP) is 4.04. The Morgan fingerprint density at radius 1 is 1.19 bits per heavy atom. The lowest BCUT2D eigenvalue weighted by atomic mass is 9.95. The van der Waals surface area contributed by atoms with Gasteiger partial charge in [-0.3, -0.25) is 5.43 Å². The van der Waals surface area contributed by atoms with Crippen LogP contribution < -0.4 is 25.5 Å². The first-order valence-electron chi connectivity index (χ1n) is 11.3. The minimum atomic E-state index is -1.09. The third kappa shape index (κ3) is 7.24. The number of nitrogens with one attached hydrogen (secondary N) is 3. The summed E-state index contributed by atoms with van der Waals surface area (Å²) in [6, 6.07) is 7.68. The molecule has 0 fully saturated rings. The number of hydrazone groups is 1. The van der Waals surface area contributed by atoms with Gasteiger partial charge in [-0.2, -0.15) is 5.10 Å². The highest BCUT2D eigenvalue weighted by molar-refractivity contribution is 9.11. The summed E-state index contributed by atoms with van der Waals surface area (Å²) >= 11 is 6.99. The number of nitrogens with zero attached hydrogens (tertiary/aromatic N) is 1. The monoisotopic (exact) mass is 638 g/mol. The second kappa shape index (κ2) is 12.9. The molecule has 0 saturated carbocycles. The lowest BCUT2D eigenvalue weighted by Gasteiger charge is -2.28. The Morgan fingerprint density at radius 3 is 2.54 bits per heavy atom. The molecule has 1 aliphatic rings. The van der Waals surface area contributed by atoms with Crippen LogP contribution in [0.3, 0.4) is 0 Å². The summed E-state index contributed by atoms with van der Waals surface area (Å²) < 4.78 is 18.3. The van der Waals surface area contributed by atoms with Gasteiger partial charge in [0.2, 0.25) is 0 Å². The fraction of sp³-hybridized carbons (Fsp3) is 0.320. The van der Waals surface area contributed by atoms with E-state index in [9.17, 15) is 14.7 Å². The van der Waals surface area contributed by atoms with E-state index in [1.165, 1.54) is 7.11 Å². The molecule has 1 aliphatic heterocycles. The number of rotatable bonds is 10. The smallest absolute Gasteiger partial charge is 0.337 e. The number of methoxy groups -OCH3 is 1. The molecule has 198 valence electrons. The summed E-state index contributed by atoms with van der Waals surface area (Å²) in [5.74, 6) is 0.204. The van der Waals surface area contributed by atoms with E-state index in [0.717, 1.165) is 20.1 Å². The molecule has 0 saturated heterocycles. The molecule has 0 radical (unpaired) electrons. The number of amides is 2. The number of allylic oxidation sites excluding steroid dienone is 1. The molecule has 0 bridgehead atoms. The van der Waals surface area contributed by atoms with Gasteiger partial charge >= 0.3 is 12.0 Å². The minimum Gasteiger partial charge on any atom is -0.490 e. The van der Waals surface area contributed by atoms with Gasteiger partial charge in [-0.1, -0.05) is 37.9 Å². The van der Waals surface area contributed by atoms with E-state index < -0.39 is 24.3 Å². The summed E-state index contributed by atoms with van der Waals surface area (Å²) in [6.45, 7) is 5.67. The van der Waals surface area contributed by atoms with E-state index in [0.29, 0.717) is 29.4 Å². The van der Waals surface area contributed by atoms with E-state index in [1.54, 1.807) is 31.3 Å². The van der Waals surface area contributed by atoms with Gasteiger partial charge in [0, 0.05) is 14.6 Å². The van der Waals surface area contributed by atoms with Crippen LogP contribution in [0.15, 0.2) is 55.6 Å². The van der Waals surface area contributed by atoms with Crippen molar-refractivity contribution in [1.82, 2.24) is 16.1 Å². The molecular formula is C25H28Br2N4O6. The SMILES string of the molecule is CCOc1cc([C@@H]2NC(=O)NC(C)=C2C(=O)OC)ccc1OC[C@H](O)N/N=C/c1cc(Br)c(C)c(Br)c1. The standard InChI is InChI=1S/C25H28Br2N4O6/c1-5-36-20-10-16(23-22(24(33)35-4)14(3)29-25(34)30-23)6-7-19(20)37-12-21(32)31-28-11-15-8-17(26)13(2)18(27)9-15/h6-11,21,23,31-32H,5,12H2,1-4H3,(H2,29,30,34)/b28-11+/t21-,23-/m0/s1. The number of halogens is 2. The van der Waals surface area contributed by atoms with Crippen molar-refractivity contribution in [3.63, 3.8) is 0 Å².